The second kappa shape index (κ2) is 4.74. The van der Waals surface area contributed by atoms with Gasteiger partial charge >= 0.3 is 0 Å². The summed E-state index contributed by atoms with van der Waals surface area (Å²) < 4.78 is 1.23. The van der Waals surface area contributed by atoms with Gasteiger partial charge in [0, 0.05) is 18.0 Å². The van der Waals surface area contributed by atoms with Crippen LogP contribution in [-0.4, -0.2) is 16.0 Å². The number of amides is 1. The zero-order chi connectivity index (χ0) is 13.1. The topological polar surface area (TPSA) is 77.1 Å². The summed E-state index contributed by atoms with van der Waals surface area (Å²) in [4.78, 5) is 23.1. The van der Waals surface area contributed by atoms with Gasteiger partial charge in [0.2, 0.25) is 5.91 Å². The number of aromatic nitrogens is 1. The van der Waals surface area contributed by atoms with E-state index in [-0.39, 0.29) is 18.0 Å². The highest BCUT2D eigenvalue weighted by atomic mass is 16.2. The van der Waals surface area contributed by atoms with Gasteiger partial charge in [-0.15, -0.1) is 6.42 Å². The number of nitrogen functional groups attached to an aromatic ring is 1. The molecule has 1 amide bonds. The summed E-state index contributed by atoms with van der Waals surface area (Å²) in [7, 11) is 0. The summed E-state index contributed by atoms with van der Waals surface area (Å²) in [6, 6.07) is 2.80. The number of pyridine rings is 1. The van der Waals surface area contributed by atoms with E-state index in [1.54, 1.807) is 13.8 Å². The average molecular weight is 233 g/mol. The van der Waals surface area contributed by atoms with Crippen molar-refractivity contribution >= 4 is 11.6 Å². The van der Waals surface area contributed by atoms with E-state index < -0.39 is 5.54 Å². The minimum atomic E-state index is -0.735. The quantitative estimate of drug-likeness (QED) is 0.719. The second-order valence-corrected chi connectivity index (χ2v) is 4.25. The van der Waals surface area contributed by atoms with E-state index in [1.165, 1.54) is 22.9 Å². The molecule has 0 atom stereocenters. The SMILES string of the molecule is C#CC(C)(C)NC(=O)Cn1cc(N)ccc1=O. The first-order valence-corrected chi connectivity index (χ1v) is 5.09. The maximum atomic E-state index is 11.6. The fourth-order valence-corrected chi connectivity index (χ4v) is 1.25. The molecule has 0 unspecified atom stereocenters. The lowest BCUT2D eigenvalue weighted by Gasteiger charge is -2.19. The van der Waals surface area contributed by atoms with Gasteiger partial charge in [0.25, 0.3) is 5.56 Å². The molecule has 0 aliphatic rings. The van der Waals surface area contributed by atoms with Crippen LogP contribution in [0.2, 0.25) is 0 Å². The fourth-order valence-electron chi connectivity index (χ4n) is 1.25. The number of nitrogens with zero attached hydrogens (tertiary/aromatic N) is 1. The van der Waals surface area contributed by atoms with Crippen LogP contribution in [0.3, 0.4) is 0 Å². The summed E-state index contributed by atoms with van der Waals surface area (Å²) in [6.45, 7) is 3.30. The predicted octanol–water partition coefficient (Wildman–Crippen LogP) is -0.0415. The van der Waals surface area contributed by atoms with Crippen molar-refractivity contribution in [3.8, 4) is 12.3 Å². The third-order valence-electron chi connectivity index (χ3n) is 2.13. The zero-order valence-electron chi connectivity index (χ0n) is 9.86. The van der Waals surface area contributed by atoms with E-state index >= 15 is 0 Å². The molecule has 1 aromatic rings. The standard InChI is InChI=1S/C12H15N3O2/c1-4-12(2,3)14-10(16)8-15-7-9(13)5-6-11(15)17/h1,5-7H,8,13H2,2-3H3,(H,14,16). The summed E-state index contributed by atoms with van der Waals surface area (Å²) in [5, 5.41) is 2.63. The number of nitrogens with one attached hydrogen (secondary N) is 1. The van der Waals surface area contributed by atoms with Crippen LogP contribution in [0.25, 0.3) is 0 Å². The van der Waals surface area contributed by atoms with Gasteiger partial charge < -0.3 is 15.6 Å². The van der Waals surface area contributed by atoms with Crippen LogP contribution < -0.4 is 16.6 Å². The van der Waals surface area contributed by atoms with Crippen molar-refractivity contribution < 1.29 is 4.79 Å². The Morgan fingerprint density at radius 3 is 2.82 bits per heavy atom. The van der Waals surface area contributed by atoms with Crippen molar-refractivity contribution in [2.24, 2.45) is 0 Å². The van der Waals surface area contributed by atoms with Crippen molar-refractivity contribution in [1.82, 2.24) is 9.88 Å². The van der Waals surface area contributed by atoms with Crippen LogP contribution in [0.4, 0.5) is 5.69 Å². The first-order chi connectivity index (χ1) is 7.84. The van der Waals surface area contributed by atoms with Gasteiger partial charge in [-0.25, -0.2) is 0 Å². The highest BCUT2D eigenvalue weighted by molar-refractivity contribution is 5.77. The molecule has 5 nitrogen and oxygen atoms in total. The number of hydrogen-bond donors (Lipinski definition) is 2. The number of hydrogen-bond acceptors (Lipinski definition) is 3. The van der Waals surface area contributed by atoms with E-state index in [0.29, 0.717) is 5.69 Å². The number of carbonyl (C=O) groups is 1. The minimum absolute atomic E-state index is 0.102. The van der Waals surface area contributed by atoms with E-state index in [4.69, 9.17) is 12.2 Å². The first-order valence-electron chi connectivity index (χ1n) is 5.09. The molecule has 90 valence electrons. The Kier molecular flexibility index (Phi) is 3.59. The Labute approximate surface area is 99.6 Å². The Balaban J connectivity index is 2.79. The number of rotatable bonds is 3. The van der Waals surface area contributed by atoms with Gasteiger partial charge in [0.15, 0.2) is 0 Å². The third kappa shape index (κ3) is 3.68. The number of anilines is 1. The van der Waals surface area contributed by atoms with Crippen molar-refractivity contribution in [3.63, 3.8) is 0 Å². The smallest absolute Gasteiger partial charge is 0.251 e. The predicted molar refractivity (Wildman–Crippen MR) is 66.2 cm³/mol. The third-order valence-corrected chi connectivity index (χ3v) is 2.13. The van der Waals surface area contributed by atoms with Crippen LogP contribution in [0.5, 0.6) is 0 Å². The van der Waals surface area contributed by atoms with Gasteiger partial charge in [-0.2, -0.15) is 0 Å². The Morgan fingerprint density at radius 1 is 1.59 bits per heavy atom. The van der Waals surface area contributed by atoms with Gasteiger partial charge in [0.1, 0.15) is 6.54 Å². The molecule has 17 heavy (non-hydrogen) atoms. The normalized spacial score (nSPS) is 10.6. The fraction of sp³-hybridized carbons (Fsp3) is 0.333. The summed E-state index contributed by atoms with van der Waals surface area (Å²) >= 11 is 0. The summed E-state index contributed by atoms with van der Waals surface area (Å²) in [5.41, 5.74) is 4.94. The Bertz CT molecular complexity index is 523. The van der Waals surface area contributed by atoms with Crippen molar-refractivity contribution in [3.05, 3.63) is 28.7 Å². The Morgan fingerprint density at radius 2 is 2.24 bits per heavy atom. The largest absolute Gasteiger partial charge is 0.398 e. The van der Waals surface area contributed by atoms with Crippen molar-refractivity contribution in [2.75, 3.05) is 5.73 Å². The monoisotopic (exact) mass is 233 g/mol. The lowest BCUT2D eigenvalue weighted by atomic mass is 10.1. The molecule has 0 saturated heterocycles. The molecular formula is C12H15N3O2. The maximum Gasteiger partial charge on any atom is 0.251 e. The lowest BCUT2D eigenvalue weighted by Crippen LogP contribution is -2.44. The number of terminal acetylenes is 1. The van der Waals surface area contributed by atoms with Crippen molar-refractivity contribution in [2.45, 2.75) is 25.9 Å². The molecule has 0 bridgehead atoms. The maximum absolute atomic E-state index is 11.6. The molecule has 1 rings (SSSR count). The Hall–Kier alpha value is -2.22. The van der Waals surface area contributed by atoms with Crippen LogP contribution in [0, 0.1) is 12.3 Å². The molecule has 1 aromatic heterocycles. The molecule has 0 aromatic carbocycles. The van der Waals surface area contributed by atoms with E-state index in [1.807, 2.05) is 0 Å². The van der Waals surface area contributed by atoms with Crippen LogP contribution in [-0.2, 0) is 11.3 Å². The van der Waals surface area contributed by atoms with Crippen LogP contribution in [0.15, 0.2) is 23.1 Å². The van der Waals surface area contributed by atoms with E-state index in [2.05, 4.69) is 11.2 Å². The van der Waals surface area contributed by atoms with Gasteiger partial charge in [-0.05, 0) is 19.9 Å². The average Bonchev–Trinajstić information content (AvgIpc) is 2.23. The minimum Gasteiger partial charge on any atom is -0.398 e. The molecule has 0 radical (unpaired) electrons. The van der Waals surface area contributed by atoms with Gasteiger partial charge in [-0.3, -0.25) is 9.59 Å². The summed E-state index contributed by atoms with van der Waals surface area (Å²) in [6.07, 6.45) is 6.67. The summed E-state index contributed by atoms with van der Waals surface area (Å²) in [5.74, 6) is 2.11. The molecule has 1 heterocycles. The van der Waals surface area contributed by atoms with Crippen LogP contribution in [0.1, 0.15) is 13.8 Å². The van der Waals surface area contributed by atoms with Gasteiger partial charge in [0.05, 0.1) is 5.54 Å². The highest BCUT2D eigenvalue weighted by Gasteiger charge is 2.17. The van der Waals surface area contributed by atoms with Crippen LogP contribution >= 0.6 is 0 Å². The highest BCUT2D eigenvalue weighted by Crippen LogP contribution is 2.00. The molecule has 0 fully saturated rings. The van der Waals surface area contributed by atoms with E-state index in [9.17, 15) is 9.59 Å². The molecule has 0 spiro atoms. The molecular weight excluding hydrogens is 218 g/mol. The second-order valence-electron chi connectivity index (χ2n) is 4.25. The number of nitrogens with two attached hydrogens (primary N) is 1. The molecule has 0 saturated carbocycles. The molecule has 3 N–H and O–H groups in total. The zero-order valence-corrected chi connectivity index (χ0v) is 9.86. The lowest BCUT2D eigenvalue weighted by molar-refractivity contribution is -0.122. The number of carbonyl (C=O) groups excluding carboxylic acids is 1. The van der Waals surface area contributed by atoms with Crippen molar-refractivity contribution in [1.29, 1.82) is 0 Å². The van der Waals surface area contributed by atoms with E-state index in [0.717, 1.165) is 0 Å². The molecule has 0 aliphatic carbocycles. The molecule has 0 aliphatic heterocycles. The van der Waals surface area contributed by atoms with Gasteiger partial charge in [-0.1, -0.05) is 5.92 Å². The molecule has 5 heteroatoms. The first kappa shape index (κ1) is 12.8.